The first kappa shape index (κ1) is 18.0. The highest BCUT2D eigenvalue weighted by Crippen LogP contribution is 2.29. The average Bonchev–Trinajstić information content (AvgIpc) is 3.19. The van der Waals surface area contributed by atoms with Crippen LogP contribution in [0.5, 0.6) is 0 Å². The number of para-hydroxylation sites is 1. The summed E-state index contributed by atoms with van der Waals surface area (Å²) in [5.41, 5.74) is 0.0477. The number of fused-ring (bicyclic) bond motifs is 1. The largest absolute Gasteiger partial charge is 0.459 e. The highest BCUT2D eigenvalue weighted by atomic mass is 16.3. The van der Waals surface area contributed by atoms with Crippen molar-refractivity contribution in [2.75, 3.05) is 20.1 Å². The van der Waals surface area contributed by atoms with E-state index in [1.54, 1.807) is 4.90 Å². The molecule has 0 bridgehead atoms. The van der Waals surface area contributed by atoms with E-state index >= 15 is 0 Å². The molecule has 1 aromatic carbocycles. The van der Waals surface area contributed by atoms with Crippen LogP contribution in [0.25, 0.3) is 11.0 Å². The van der Waals surface area contributed by atoms with Gasteiger partial charge < -0.3 is 14.4 Å². The predicted octanol–water partition coefficient (Wildman–Crippen LogP) is 3.19. The second-order valence-electron chi connectivity index (χ2n) is 7.65. The number of likely N-dealkylation sites (N-methyl/N-ethyl adjacent to an activating group) is 1. The third-order valence-electron chi connectivity index (χ3n) is 5.35. The standard InChI is InChI=1S/C20H28N2O3/c1-14(17-12-15-8-5-6-9-16(15)25-17)21(4)19(23)13-22-11-7-10-18(22)20(2,3)24/h5-6,8-9,12,14,18,24H,7,10-11,13H2,1-4H3. The Balaban J connectivity index is 1.69. The van der Waals surface area contributed by atoms with E-state index in [0.717, 1.165) is 36.1 Å². The molecule has 1 amide bonds. The van der Waals surface area contributed by atoms with Gasteiger partial charge in [-0.1, -0.05) is 18.2 Å². The summed E-state index contributed by atoms with van der Waals surface area (Å²) in [6, 6.07) is 9.76. The Hall–Kier alpha value is -1.85. The summed E-state index contributed by atoms with van der Waals surface area (Å²) >= 11 is 0. The van der Waals surface area contributed by atoms with Gasteiger partial charge in [0.05, 0.1) is 18.2 Å². The summed E-state index contributed by atoms with van der Waals surface area (Å²) in [5, 5.41) is 11.4. The summed E-state index contributed by atoms with van der Waals surface area (Å²) < 4.78 is 5.90. The molecule has 5 nitrogen and oxygen atoms in total. The second kappa shape index (κ2) is 6.81. The molecular weight excluding hydrogens is 316 g/mol. The first-order valence-electron chi connectivity index (χ1n) is 8.98. The van der Waals surface area contributed by atoms with Crippen LogP contribution in [0.15, 0.2) is 34.7 Å². The summed E-state index contributed by atoms with van der Waals surface area (Å²) in [7, 11) is 1.81. The Morgan fingerprint density at radius 3 is 2.84 bits per heavy atom. The van der Waals surface area contributed by atoms with E-state index in [1.807, 2.05) is 58.2 Å². The van der Waals surface area contributed by atoms with Gasteiger partial charge in [-0.3, -0.25) is 9.69 Å². The van der Waals surface area contributed by atoms with E-state index in [-0.39, 0.29) is 18.0 Å². The van der Waals surface area contributed by atoms with Crippen LogP contribution in [-0.2, 0) is 4.79 Å². The zero-order valence-corrected chi connectivity index (χ0v) is 15.5. The molecule has 1 aromatic heterocycles. The van der Waals surface area contributed by atoms with E-state index in [4.69, 9.17) is 4.42 Å². The molecular formula is C20H28N2O3. The number of carbonyl (C=O) groups is 1. The zero-order valence-electron chi connectivity index (χ0n) is 15.5. The highest BCUT2D eigenvalue weighted by Gasteiger charge is 2.37. The fraction of sp³-hybridized carbons (Fsp3) is 0.550. The van der Waals surface area contributed by atoms with Crippen molar-refractivity contribution in [3.63, 3.8) is 0 Å². The van der Waals surface area contributed by atoms with Crippen molar-refractivity contribution in [2.24, 2.45) is 0 Å². The Labute approximate surface area is 149 Å². The average molecular weight is 344 g/mol. The van der Waals surface area contributed by atoms with Gasteiger partial charge in [-0.2, -0.15) is 0 Å². The molecule has 1 fully saturated rings. The number of furan rings is 1. The van der Waals surface area contributed by atoms with Crippen LogP contribution in [-0.4, -0.2) is 52.6 Å². The van der Waals surface area contributed by atoms with E-state index in [0.29, 0.717) is 6.54 Å². The van der Waals surface area contributed by atoms with Crippen LogP contribution in [0.1, 0.15) is 45.4 Å². The molecule has 2 heterocycles. The van der Waals surface area contributed by atoms with E-state index in [9.17, 15) is 9.90 Å². The minimum atomic E-state index is -0.792. The van der Waals surface area contributed by atoms with Crippen LogP contribution in [0.3, 0.4) is 0 Å². The highest BCUT2D eigenvalue weighted by molar-refractivity contribution is 5.80. The van der Waals surface area contributed by atoms with Crippen LogP contribution in [0.2, 0.25) is 0 Å². The minimum absolute atomic E-state index is 0.0337. The molecule has 0 saturated carbocycles. The summed E-state index contributed by atoms with van der Waals surface area (Å²) in [6.45, 7) is 6.80. The summed E-state index contributed by atoms with van der Waals surface area (Å²) in [4.78, 5) is 16.6. The molecule has 0 aliphatic carbocycles. The topological polar surface area (TPSA) is 56.9 Å². The molecule has 2 atom stereocenters. The third-order valence-corrected chi connectivity index (χ3v) is 5.35. The van der Waals surface area contributed by atoms with Gasteiger partial charge in [0, 0.05) is 18.5 Å². The molecule has 2 unspecified atom stereocenters. The second-order valence-corrected chi connectivity index (χ2v) is 7.65. The lowest BCUT2D eigenvalue weighted by atomic mass is 9.96. The van der Waals surface area contributed by atoms with Gasteiger partial charge in [0.2, 0.25) is 5.91 Å². The van der Waals surface area contributed by atoms with Crippen LogP contribution >= 0.6 is 0 Å². The minimum Gasteiger partial charge on any atom is -0.459 e. The molecule has 136 valence electrons. The molecule has 2 aromatic rings. The quantitative estimate of drug-likeness (QED) is 0.905. The molecule has 0 spiro atoms. The van der Waals surface area contributed by atoms with Crippen molar-refractivity contribution in [1.29, 1.82) is 0 Å². The number of likely N-dealkylation sites (tertiary alicyclic amines) is 1. The summed E-state index contributed by atoms with van der Waals surface area (Å²) in [5.74, 6) is 0.835. The predicted molar refractivity (Wildman–Crippen MR) is 98.3 cm³/mol. The van der Waals surface area contributed by atoms with E-state index in [1.165, 1.54) is 0 Å². The lowest BCUT2D eigenvalue weighted by Gasteiger charge is -2.34. The molecule has 1 aliphatic heterocycles. The van der Waals surface area contributed by atoms with Crippen LogP contribution in [0.4, 0.5) is 0 Å². The molecule has 0 radical (unpaired) electrons. The Kier molecular flexibility index (Phi) is 4.89. The van der Waals surface area contributed by atoms with E-state index < -0.39 is 5.60 Å². The Morgan fingerprint density at radius 2 is 2.16 bits per heavy atom. The van der Waals surface area contributed by atoms with Gasteiger partial charge >= 0.3 is 0 Å². The zero-order chi connectivity index (χ0) is 18.2. The van der Waals surface area contributed by atoms with Gasteiger partial charge in [0.1, 0.15) is 11.3 Å². The van der Waals surface area contributed by atoms with Gasteiger partial charge in [0.15, 0.2) is 0 Å². The SMILES string of the molecule is CC(c1cc2ccccc2o1)N(C)C(=O)CN1CCCC1C(C)(C)O. The summed E-state index contributed by atoms with van der Waals surface area (Å²) in [6.07, 6.45) is 1.95. The monoisotopic (exact) mass is 344 g/mol. The van der Waals surface area contributed by atoms with Crippen molar-refractivity contribution in [1.82, 2.24) is 9.80 Å². The lowest BCUT2D eigenvalue weighted by molar-refractivity contribution is -0.134. The number of aliphatic hydroxyl groups is 1. The number of carbonyl (C=O) groups excluding carboxylic acids is 1. The Morgan fingerprint density at radius 1 is 1.44 bits per heavy atom. The smallest absolute Gasteiger partial charge is 0.237 e. The first-order valence-corrected chi connectivity index (χ1v) is 8.98. The number of amides is 1. The van der Waals surface area contributed by atoms with Crippen molar-refractivity contribution in [3.8, 4) is 0 Å². The molecule has 3 rings (SSSR count). The van der Waals surface area contributed by atoms with Gasteiger partial charge in [-0.05, 0) is 52.3 Å². The maximum Gasteiger partial charge on any atom is 0.237 e. The number of nitrogens with zero attached hydrogens (tertiary/aromatic N) is 2. The fourth-order valence-electron chi connectivity index (χ4n) is 3.72. The van der Waals surface area contributed by atoms with Gasteiger partial charge in [-0.15, -0.1) is 0 Å². The third kappa shape index (κ3) is 3.72. The van der Waals surface area contributed by atoms with Crippen molar-refractivity contribution in [2.45, 2.75) is 51.3 Å². The molecule has 1 aliphatic rings. The van der Waals surface area contributed by atoms with Gasteiger partial charge in [0.25, 0.3) is 0 Å². The molecule has 1 saturated heterocycles. The number of benzene rings is 1. The normalized spacial score (nSPS) is 20.1. The number of hydrogen-bond donors (Lipinski definition) is 1. The van der Waals surface area contributed by atoms with Crippen LogP contribution < -0.4 is 0 Å². The fourth-order valence-corrected chi connectivity index (χ4v) is 3.72. The molecule has 5 heteroatoms. The number of rotatable bonds is 5. The van der Waals surface area contributed by atoms with Crippen molar-refractivity contribution in [3.05, 3.63) is 36.1 Å². The van der Waals surface area contributed by atoms with Crippen LogP contribution in [0, 0.1) is 0 Å². The maximum absolute atomic E-state index is 12.8. The van der Waals surface area contributed by atoms with E-state index in [2.05, 4.69) is 4.90 Å². The van der Waals surface area contributed by atoms with Gasteiger partial charge in [-0.25, -0.2) is 0 Å². The molecule has 1 N–H and O–H groups in total. The molecule has 25 heavy (non-hydrogen) atoms. The van der Waals surface area contributed by atoms with Crippen molar-refractivity contribution < 1.29 is 14.3 Å². The first-order chi connectivity index (χ1) is 11.8. The van der Waals surface area contributed by atoms with Crippen molar-refractivity contribution >= 4 is 16.9 Å². The number of hydrogen-bond acceptors (Lipinski definition) is 4. The lowest BCUT2D eigenvalue weighted by Crippen LogP contribution is -2.49. The Bertz CT molecular complexity index is 714. The maximum atomic E-state index is 12.8.